The van der Waals surface area contributed by atoms with Crippen molar-refractivity contribution in [1.82, 2.24) is 5.32 Å². The average molecular weight is 386 g/mol. The van der Waals surface area contributed by atoms with Crippen LogP contribution in [0.3, 0.4) is 0 Å². The van der Waals surface area contributed by atoms with E-state index in [1.807, 2.05) is 18.2 Å². The van der Waals surface area contributed by atoms with Crippen molar-refractivity contribution in [2.24, 2.45) is 0 Å². The number of hydrogen-bond acceptors (Lipinski definition) is 2. The Morgan fingerprint density at radius 1 is 1.60 bits per heavy atom. The highest BCUT2D eigenvalue weighted by Gasteiger charge is 2.01. The zero-order valence-electron chi connectivity index (χ0n) is 7.67. The van der Waals surface area contributed by atoms with Gasteiger partial charge >= 0.3 is 6.09 Å². The van der Waals surface area contributed by atoms with E-state index in [9.17, 15) is 4.79 Å². The average Bonchev–Trinajstić information content (AvgIpc) is 2.17. The highest BCUT2D eigenvalue weighted by Crippen LogP contribution is 2.26. The van der Waals surface area contributed by atoms with Gasteiger partial charge in [0.25, 0.3) is 0 Å². The predicted molar refractivity (Wildman–Crippen MR) is 68.4 cm³/mol. The van der Waals surface area contributed by atoms with Gasteiger partial charge in [-0.25, -0.2) is 4.79 Å². The van der Waals surface area contributed by atoms with Crippen molar-refractivity contribution < 1.29 is 14.6 Å². The fourth-order valence-electron chi connectivity index (χ4n) is 0.907. The molecule has 1 amide bonds. The van der Waals surface area contributed by atoms with Gasteiger partial charge in [0.1, 0.15) is 12.4 Å². The van der Waals surface area contributed by atoms with E-state index in [1.54, 1.807) is 0 Å². The lowest BCUT2D eigenvalue weighted by Gasteiger charge is -2.08. The Kier molecular flexibility index (Phi) is 5.16. The van der Waals surface area contributed by atoms with Crippen LogP contribution in [0.15, 0.2) is 22.7 Å². The largest absolute Gasteiger partial charge is 0.491 e. The van der Waals surface area contributed by atoms with Gasteiger partial charge in [-0.1, -0.05) is 0 Å². The van der Waals surface area contributed by atoms with Crippen LogP contribution in [0.25, 0.3) is 0 Å². The third kappa shape index (κ3) is 4.70. The Balaban J connectivity index is 2.43. The summed E-state index contributed by atoms with van der Waals surface area (Å²) in [5.74, 6) is 0.717. The molecule has 0 saturated carbocycles. The van der Waals surface area contributed by atoms with Crippen molar-refractivity contribution in [1.29, 1.82) is 0 Å². The molecule has 0 aliphatic carbocycles. The highest BCUT2D eigenvalue weighted by atomic mass is 127. The second-order valence-electron chi connectivity index (χ2n) is 2.66. The van der Waals surface area contributed by atoms with Crippen molar-refractivity contribution in [3.63, 3.8) is 0 Å². The molecule has 1 rings (SSSR count). The van der Waals surface area contributed by atoms with Gasteiger partial charge in [-0.3, -0.25) is 0 Å². The SMILES string of the molecule is O=C(O)NCCOc1cc(I)ccc1Br. The maximum absolute atomic E-state index is 10.2. The first-order chi connectivity index (χ1) is 7.09. The molecule has 0 aliphatic heterocycles. The van der Waals surface area contributed by atoms with Gasteiger partial charge in [0, 0.05) is 3.57 Å². The zero-order valence-corrected chi connectivity index (χ0v) is 11.4. The minimum Gasteiger partial charge on any atom is -0.491 e. The van der Waals surface area contributed by atoms with Crippen LogP contribution in [0.1, 0.15) is 0 Å². The number of benzene rings is 1. The minimum absolute atomic E-state index is 0.271. The van der Waals surface area contributed by atoms with Gasteiger partial charge in [0.15, 0.2) is 0 Å². The van der Waals surface area contributed by atoms with Gasteiger partial charge in [0.05, 0.1) is 11.0 Å². The Morgan fingerprint density at radius 2 is 2.33 bits per heavy atom. The molecule has 0 fully saturated rings. The molecule has 0 spiro atoms. The van der Waals surface area contributed by atoms with Crippen LogP contribution in [0.2, 0.25) is 0 Å². The summed E-state index contributed by atoms with van der Waals surface area (Å²) in [5.41, 5.74) is 0. The Labute approximate surface area is 109 Å². The molecular weight excluding hydrogens is 377 g/mol. The molecule has 0 atom stereocenters. The van der Waals surface area contributed by atoms with Gasteiger partial charge in [-0.2, -0.15) is 0 Å². The predicted octanol–water partition coefficient (Wildman–Crippen LogP) is 2.70. The smallest absolute Gasteiger partial charge is 0.404 e. The summed E-state index contributed by atoms with van der Waals surface area (Å²) in [4.78, 5) is 10.2. The van der Waals surface area contributed by atoms with Gasteiger partial charge < -0.3 is 15.2 Å². The van der Waals surface area contributed by atoms with E-state index < -0.39 is 6.09 Å². The van der Waals surface area contributed by atoms with Crippen LogP contribution < -0.4 is 10.1 Å². The number of ether oxygens (including phenoxy) is 1. The number of carbonyl (C=O) groups is 1. The van der Waals surface area contributed by atoms with Gasteiger partial charge in [0.2, 0.25) is 0 Å². The first kappa shape index (κ1) is 12.6. The number of hydrogen-bond donors (Lipinski definition) is 2. The summed E-state index contributed by atoms with van der Waals surface area (Å²) in [5, 5.41) is 10.6. The molecule has 2 N–H and O–H groups in total. The molecule has 82 valence electrons. The molecule has 0 heterocycles. The van der Waals surface area contributed by atoms with E-state index in [0.717, 1.165) is 8.04 Å². The standard InChI is InChI=1S/C9H9BrINO3/c10-7-2-1-6(11)5-8(7)15-4-3-12-9(13)14/h1-2,5,12H,3-4H2,(H,13,14). The van der Waals surface area contributed by atoms with Crippen molar-refractivity contribution in [3.8, 4) is 5.75 Å². The second-order valence-corrected chi connectivity index (χ2v) is 4.76. The first-order valence-electron chi connectivity index (χ1n) is 4.14. The summed E-state index contributed by atoms with van der Waals surface area (Å²) < 4.78 is 7.32. The molecule has 4 nitrogen and oxygen atoms in total. The Hall–Kier alpha value is -0.500. The molecule has 0 aliphatic rings. The summed E-state index contributed by atoms with van der Waals surface area (Å²) in [6, 6.07) is 5.72. The summed E-state index contributed by atoms with van der Waals surface area (Å²) in [7, 11) is 0. The summed E-state index contributed by atoms with van der Waals surface area (Å²) >= 11 is 5.53. The number of nitrogens with one attached hydrogen (secondary N) is 1. The third-order valence-electron chi connectivity index (χ3n) is 1.53. The molecule has 6 heteroatoms. The molecule has 0 aromatic heterocycles. The number of rotatable bonds is 4. The van der Waals surface area contributed by atoms with Gasteiger partial charge in [-0.15, -0.1) is 0 Å². The lowest BCUT2D eigenvalue weighted by atomic mass is 10.3. The van der Waals surface area contributed by atoms with E-state index in [4.69, 9.17) is 9.84 Å². The van der Waals surface area contributed by atoms with E-state index in [-0.39, 0.29) is 6.54 Å². The molecule has 0 saturated heterocycles. The quantitative estimate of drug-likeness (QED) is 0.618. The van der Waals surface area contributed by atoms with Crippen molar-refractivity contribution in [2.45, 2.75) is 0 Å². The topological polar surface area (TPSA) is 58.6 Å². The van der Waals surface area contributed by atoms with Crippen LogP contribution in [0, 0.1) is 3.57 Å². The van der Waals surface area contributed by atoms with E-state index in [2.05, 4.69) is 43.8 Å². The Bertz CT molecular complexity index is 359. The van der Waals surface area contributed by atoms with E-state index >= 15 is 0 Å². The normalized spacial score (nSPS) is 9.73. The molecular formula is C9H9BrINO3. The number of carboxylic acid groups (broad SMARTS) is 1. The first-order valence-corrected chi connectivity index (χ1v) is 6.01. The van der Waals surface area contributed by atoms with Crippen LogP contribution in [-0.4, -0.2) is 24.4 Å². The fraction of sp³-hybridized carbons (Fsp3) is 0.222. The van der Waals surface area contributed by atoms with Crippen molar-refractivity contribution >= 4 is 44.6 Å². The van der Waals surface area contributed by atoms with Crippen molar-refractivity contribution in [2.75, 3.05) is 13.2 Å². The van der Waals surface area contributed by atoms with Crippen molar-refractivity contribution in [3.05, 3.63) is 26.2 Å². The summed E-state index contributed by atoms with van der Waals surface area (Å²) in [6.07, 6.45) is -1.04. The minimum atomic E-state index is -1.04. The molecule has 15 heavy (non-hydrogen) atoms. The molecule has 0 bridgehead atoms. The zero-order chi connectivity index (χ0) is 11.3. The van der Waals surface area contributed by atoms with Crippen LogP contribution >= 0.6 is 38.5 Å². The van der Waals surface area contributed by atoms with E-state index in [0.29, 0.717) is 12.4 Å². The monoisotopic (exact) mass is 385 g/mol. The van der Waals surface area contributed by atoms with Crippen LogP contribution in [0.5, 0.6) is 5.75 Å². The van der Waals surface area contributed by atoms with Gasteiger partial charge in [-0.05, 0) is 56.7 Å². The third-order valence-corrected chi connectivity index (χ3v) is 2.86. The molecule has 0 radical (unpaired) electrons. The van der Waals surface area contributed by atoms with Crippen LogP contribution in [-0.2, 0) is 0 Å². The molecule has 0 unspecified atom stereocenters. The lowest BCUT2D eigenvalue weighted by Crippen LogP contribution is -2.26. The number of amides is 1. The highest BCUT2D eigenvalue weighted by molar-refractivity contribution is 14.1. The Morgan fingerprint density at radius 3 is 3.00 bits per heavy atom. The maximum atomic E-state index is 10.2. The molecule has 1 aromatic rings. The lowest BCUT2D eigenvalue weighted by molar-refractivity contribution is 0.191. The fourth-order valence-corrected chi connectivity index (χ4v) is 1.73. The van der Waals surface area contributed by atoms with Crippen LogP contribution in [0.4, 0.5) is 4.79 Å². The summed E-state index contributed by atoms with van der Waals surface area (Å²) in [6.45, 7) is 0.582. The van der Waals surface area contributed by atoms with E-state index in [1.165, 1.54) is 0 Å². The number of halogens is 2. The molecule has 1 aromatic carbocycles. The second kappa shape index (κ2) is 6.16. The maximum Gasteiger partial charge on any atom is 0.404 e.